The van der Waals surface area contributed by atoms with Gasteiger partial charge in [-0.25, -0.2) is 0 Å². The van der Waals surface area contributed by atoms with Crippen LogP contribution < -0.4 is 0 Å². The zero-order valence-corrected chi connectivity index (χ0v) is 16.2. The van der Waals surface area contributed by atoms with E-state index in [1.165, 1.54) is 5.56 Å². The highest BCUT2D eigenvalue weighted by Gasteiger charge is 2.22. The highest BCUT2D eigenvalue weighted by molar-refractivity contribution is 5.92. The van der Waals surface area contributed by atoms with Crippen LogP contribution in [0.5, 0.6) is 0 Å². The average molecular weight is 380 g/mol. The van der Waals surface area contributed by atoms with Crippen molar-refractivity contribution in [3.05, 3.63) is 65.1 Å². The normalized spacial score (nSPS) is 14.5. The first-order valence-corrected chi connectivity index (χ1v) is 9.46. The molecule has 0 fully saturated rings. The van der Waals surface area contributed by atoms with E-state index in [-0.39, 0.29) is 5.91 Å². The molecule has 0 spiro atoms. The summed E-state index contributed by atoms with van der Waals surface area (Å²) in [6, 6.07) is 12.4. The molecule has 1 amide bonds. The molecule has 1 aliphatic rings. The van der Waals surface area contributed by atoms with Gasteiger partial charge in [0.05, 0.1) is 12.2 Å². The molecule has 4 rings (SSSR count). The van der Waals surface area contributed by atoms with Crippen molar-refractivity contribution < 1.29 is 9.32 Å². The zero-order chi connectivity index (χ0) is 19.5. The number of rotatable bonds is 5. The lowest BCUT2D eigenvalue weighted by Gasteiger charge is -2.19. The lowest BCUT2D eigenvalue weighted by Crippen LogP contribution is -2.27. The van der Waals surface area contributed by atoms with Gasteiger partial charge in [0, 0.05) is 40.2 Å². The maximum absolute atomic E-state index is 12.8. The summed E-state index contributed by atoms with van der Waals surface area (Å²) in [6.45, 7) is 5.53. The first-order valence-electron chi connectivity index (χ1n) is 9.46. The van der Waals surface area contributed by atoms with Crippen molar-refractivity contribution in [3.8, 4) is 0 Å². The van der Waals surface area contributed by atoms with E-state index < -0.39 is 0 Å². The summed E-state index contributed by atoms with van der Waals surface area (Å²) in [7, 11) is 1.72. The lowest BCUT2D eigenvalue weighted by atomic mass is 10.2. The van der Waals surface area contributed by atoms with Gasteiger partial charge in [-0.3, -0.25) is 14.4 Å². The fraction of sp³-hybridized carbons (Fsp3) is 0.400. The molecule has 1 aromatic carbocycles. The molecule has 0 radical (unpaired) electrons. The first kappa shape index (κ1) is 18.4. The molecule has 0 N–H and O–H groups in total. The highest BCUT2D eigenvalue weighted by Crippen LogP contribution is 2.17. The van der Waals surface area contributed by atoms with E-state index in [0.717, 1.165) is 38.3 Å². The molecular weight excluding hydrogens is 356 g/mol. The van der Waals surface area contributed by atoms with Crippen molar-refractivity contribution in [2.45, 2.75) is 39.5 Å². The van der Waals surface area contributed by atoms with Gasteiger partial charge in [0.25, 0.3) is 5.91 Å². The SMILES string of the molecule is Cc1nc(CN(C)C(=O)c2cc3n(n2)CCCN(Cc2ccccc2)C3)no1. The molecule has 0 bridgehead atoms. The van der Waals surface area contributed by atoms with E-state index in [1.807, 2.05) is 16.8 Å². The van der Waals surface area contributed by atoms with Crippen LogP contribution in [0.25, 0.3) is 0 Å². The Morgan fingerprint density at radius 3 is 2.82 bits per heavy atom. The fourth-order valence-corrected chi connectivity index (χ4v) is 3.49. The number of amides is 1. The van der Waals surface area contributed by atoms with Crippen molar-refractivity contribution >= 4 is 5.91 Å². The van der Waals surface area contributed by atoms with Gasteiger partial charge in [-0.2, -0.15) is 10.1 Å². The Balaban J connectivity index is 1.45. The maximum Gasteiger partial charge on any atom is 0.274 e. The molecule has 8 heteroatoms. The summed E-state index contributed by atoms with van der Waals surface area (Å²) in [5.41, 5.74) is 2.82. The third kappa shape index (κ3) is 4.12. The molecule has 3 heterocycles. The molecule has 8 nitrogen and oxygen atoms in total. The number of carbonyl (C=O) groups excluding carboxylic acids is 1. The van der Waals surface area contributed by atoms with Crippen LogP contribution in [0.3, 0.4) is 0 Å². The maximum atomic E-state index is 12.8. The number of fused-ring (bicyclic) bond motifs is 1. The van der Waals surface area contributed by atoms with Gasteiger partial charge in [-0.15, -0.1) is 0 Å². The number of hydrogen-bond donors (Lipinski definition) is 0. The van der Waals surface area contributed by atoms with Crippen molar-refractivity contribution in [1.29, 1.82) is 0 Å². The molecule has 28 heavy (non-hydrogen) atoms. The Morgan fingerprint density at radius 2 is 2.07 bits per heavy atom. The standard InChI is InChI=1S/C20H24N6O2/c1-15-21-19(23-28-15)14-24(2)20(27)18-11-17-13-25(9-6-10-26(17)22-18)12-16-7-4-3-5-8-16/h3-5,7-8,11H,6,9-10,12-14H2,1-2H3. The number of hydrogen-bond acceptors (Lipinski definition) is 6. The van der Waals surface area contributed by atoms with Gasteiger partial charge in [-0.05, 0) is 18.1 Å². The van der Waals surface area contributed by atoms with Crippen LogP contribution in [0.2, 0.25) is 0 Å². The molecule has 2 aromatic heterocycles. The Bertz CT molecular complexity index is 949. The Labute approximate surface area is 163 Å². The summed E-state index contributed by atoms with van der Waals surface area (Å²) >= 11 is 0. The molecule has 0 unspecified atom stereocenters. The second-order valence-corrected chi connectivity index (χ2v) is 7.18. The minimum Gasteiger partial charge on any atom is -0.340 e. The quantitative estimate of drug-likeness (QED) is 0.675. The van der Waals surface area contributed by atoms with Crippen molar-refractivity contribution in [3.63, 3.8) is 0 Å². The van der Waals surface area contributed by atoms with Gasteiger partial charge in [0.1, 0.15) is 0 Å². The molecule has 0 saturated heterocycles. The third-order valence-corrected chi connectivity index (χ3v) is 4.86. The van der Waals surface area contributed by atoms with Crippen LogP contribution in [-0.4, -0.2) is 49.2 Å². The van der Waals surface area contributed by atoms with Gasteiger partial charge in [0.2, 0.25) is 5.89 Å². The Kier molecular flexibility index (Phi) is 5.21. The summed E-state index contributed by atoms with van der Waals surface area (Å²) in [5, 5.41) is 8.40. The minimum atomic E-state index is -0.141. The van der Waals surface area contributed by atoms with Crippen LogP contribution >= 0.6 is 0 Å². The van der Waals surface area contributed by atoms with Gasteiger partial charge < -0.3 is 9.42 Å². The second kappa shape index (κ2) is 7.93. The van der Waals surface area contributed by atoms with Crippen molar-refractivity contribution in [2.75, 3.05) is 13.6 Å². The largest absolute Gasteiger partial charge is 0.340 e. The number of nitrogens with zero attached hydrogens (tertiary/aromatic N) is 6. The van der Waals surface area contributed by atoms with Gasteiger partial charge >= 0.3 is 0 Å². The summed E-state index contributed by atoms with van der Waals surface area (Å²) in [4.78, 5) is 20.9. The van der Waals surface area contributed by atoms with Crippen molar-refractivity contribution in [2.24, 2.45) is 0 Å². The van der Waals surface area contributed by atoms with E-state index in [4.69, 9.17) is 4.52 Å². The molecule has 3 aromatic rings. The van der Waals surface area contributed by atoms with Crippen LogP contribution in [-0.2, 0) is 26.2 Å². The van der Waals surface area contributed by atoms with Crippen LogP contribution in [0.1, 0.15) is 39.9 Å². The molecular formula is C20H24N6O2. The zero-order valence-electron chi connectivity index (χ0n) is 16.2. The second-order valence-electron chi connectivity index (χ2n) is 7.18. The Morgan fingerprint density at radius 1 is 1.25 bits per heavy atom. The summed E-state index contributed by atoms with van der Waals surface area (Å²) in [6.07, 6.45) is 1.01. The highest BCUT2D eigenvalue weighted by atomic mass is 16.5. The molecule has 0 aliphatic carbocycles. The van der Waals surface area contributed by atoms with Gasteiger partial charge in [0.15, 0.2) is 11.5 Å². The van der Waals surface area contributed by atoms with E-state index in [0.29, 0.717) is 24.0 Å². The predicted molar refractivity (Wildman–Crippen MR) is 102 cm³/mol. The van der Waals surface area contributed by atoms with E-state index in [2.05, 4.69) is 44.4 Å². The number of carbonyl (C=O) groups is 1. The topological polar surface area (TPSA) is 80.3 Å². The molecule has 0 atom stereocenters. The van der Waals surface area contributed by atoms with E-state index >= 15 is 0 Å². The monoisotopic (exact) mass is 380 g/mol. The predicted octanol–water partition coefficient (Wildman–Crippen LogP) is 2.25. The van der Waals surface area contributed by atoms with Crippen LogP contribution in [0.15, 0.2) is 40.9 Å². The summed E-state index contributed by atoms with van der Waals surface area (Å²) < 4.78 is 6.93. The molecule has 1 aliphatic heterocycles. The Hall–Kier alpha value is -3.00. The number of benzene rings is 1. The number of aryl methyl sites for hydroxylation is 2. The van der Waals surface area contributed by atoms with Crippen LogP contribution in [0, 0.1) is 6.92 Å². The fourth-order valence-electron chi connectivity index (χ4n) is 3.49. The molecule has 0 saturated carbocycles. The van der Waals surface area contributed by atoms with Crippen LogP contribution in [0.4, 0.5) is 0 Å². The summed E-state index contributed by atoms with van der Waals surface area (Å²) in [5.74, 6) is 0.837. The molecule has 146 valence electrons. The van der Waals surface area contributed by atoms with Gasteiger partial charge in [-0.1, -0.05) is 35.5 Å². The number of aromatic nitrogens is 4. The average Bonchev–Trinajstić information content (AvgIpc) is 3.23. The van der Waals surface area contributed by atoms with E-state index in [1.54, 1.807) is 18.9 Å². The minimum absolute atomic E-state index is 0.141. The third-order valence-electron chi connectivity index (χ3n) is 4.86. The van der Waals surface area contributed by atoms with Crippen molar-refractivity contribution in [1.82, 2.24) is 29.7 Å². The smallest absolute Gasteiger partial charge is 0.274 e. The lowest BCUT2D eigenvalue weighted by molar-refractivity contribution is 0.0773. The van der Waals surface area contributed by atoms with E-state index in [9.17, 15) is 4.79 Å². The first-order chi connectivity index (χ1) is 13.6.